The van der Waals surface area contributed by atoms with Crippen LogP contribution in [0.2, 0.25) is 5.28 Å². The van der Waals surface area contributed by atoms with E-state index in [4.69, 9.17) is 16.3 Å². The number of carbonyl (C=O) groups is 1. The molecular formula is C25H25ClFN3O3. The van der Waals surface area contributed by atoms with Gasteiger partial charge in [0.25, 0.3) is 0 Å². The number of cyclic esters (lactones) is 1. The van der Waals surface area contributed by atoms with E-state index in [1.54, 1.807) is 29.3 Å². The van der Waals surface area contributed by atoms with E-state index in [0.717, 1.165) is 22.4 Å². The molecule has 0 spiro atoms. The number of halogens is 2. The van der Waals surface area contributed by atoms with Gasteiger partial charge < -0.3 is 14.7 Å². The van der Waals surface area contributed by atoms with Gasteiger partial charge in [-0.1, -0.05) is 36.4 Å². The molecule has 0 saturated carbocycles. The van der Waals surface area contributed by atoms with Gasteiger partial charge in [0, 0.05) is 31.3 Å². The Bertz CT molecular complexity index is 1110. The summed E-state index contributed by atoms with van der Waals surface area (Å²) in [6, 6.07) is 15.4. The van der Waals surface area contributed by atoms with Gasteiger partial charge in [-0.25, -0.2) is 19.2 Å². The molecule has 8 heteroatoms. The average molecular weight is 470 g/mol. The molecule has 0 unspecified atom stereocenters. The lowest BCUT2D eigenvalue weighted by Crippen LogP contribution is -2.48. The number of hydrogen-bond acceptors (Lipinski definition) is 5. The van der Waals surface area contributed by atoms with Gasteiger partial charge in [-0.2, -0.15) is 0 Å². The van der Waals surface area contributed by atoms with E-state index in [-0.39, 0.29) is 23.7 Å². The molecule has 1 amide bonds. The zero-order chi connectivity index (χ0) is 23.4. The molecule has 6 nitrogen and oxygen atoms in total. The third-order valence-corrected chi connectivity index (χ3v) is 6.35. The molecule has 172 valence electrons. The van der Waals surface area contributed by atoms with Crippen LogP contribution in [0, 0.1) is 5.82 Å². The van der Waals surface area contributed by atoms with Gasteiger partial charge in [-0.05, 0) is 60.7 Å². The van der Waals surface area contributed by atoms with E-state index < -0.39 is 11.7 Å². The standard InChI is InChI=1S/C25H25ClFN3O3/c1-17(18-3-5-19(6-4-18)22-11-14-28-23(26)29-22)30-15-13-25(12-2-16-31,33-24(30)32)20-7-9-21(27)10-8-20/h3-11,14,17,31H,2,12-13,15-16H2,1H3/t17-,25+/m0/s1. The van der Waals surface area contributed by atoms with Crippen LogP contribution in [0.25, 0.3) is 11.3 Å². The summed E-state index contributed by atoms with van der Waals surface area (Å²) in [6.45, 7) is 2.42. The van der Waals surface area contributed by atoms with Gasteiger partial charge in [0.05, 0.1) is 11.7 Å². The molecule has 2 atom stereocenters. The first-order chi connectivity index (χ1) is 15.9. The number of hydrogen-bond donors (Lipinski definition) is 1. The summed E-state index contributed by atoms with van der Waals surface area (Å²) in [5.74, 6) is -0.346. The number of rotatable bonds is 7. The van der Waals surface area contributed by atoms with Crippen LogP contribution in [-0.2, 0) is 10.3 Å². The van der Waals surface area contributed by atoms with Crippen LogP contribution >= 0.6 is 11.6 Å². The van der Waals surface area contributed by atoms with E-state index in [9.17, 15) is 14.3 Å². The Kier molecular flexibility index (Phi) is 6.91. The third kappa shape index (κ3) is 4.99. The molecule has 0 bridgehead atoms. The molecule has 33 heavy (non-hydrogen) atoms. The Morgan fingerprint density at radius 3 is 2.55 bits per heavy atom. The molecule has 0 aliphatic carbocycles. The molecule has 1 N–H and O–H groups in total. The van der Waals surface area contributed by atoms with Crippen molar-refractivity contribution in [2.45, 2.75) is 37.8 Å². The predicted molar refractivity (Wildman–Crippen MR) is 123 cm³/mol. The van der Waals surface area contributed by atoms with Crippen molar-refractivity contribution in [3.63, 3.8) is 0 Å². The first-order valence-corrected chi connectivity index (χ1v) is 11.2. The fourth-order valence-corrected chi connectivity index (χ4v) is 4.42. The quantitative estimate of drug-likeness (QED) is 0.462. The second-order valence-corrected chi connectivity index (χ2v) is 8.49. The van der Waals surface area contributed by atoms with Gasteiger partial charge in [0.15, 0.2) is 0 Å². The fraction of sp³-hybridized carbons (Fsp3) is 0.320. The summed E-state index contributed by atoms with van der Waals surface area (Å²) in [6.07, 6.45) is 2.68. The van der Waals surface area contributed by atoms with E-state index in [0.29, 0.717) is 25.8 Å². The van der Waals surface area contributed by atoms with Crippen LogP contribution in [0.5, 0.6) is 0 Å². The maximum Gasteiger partial charge on any atom is 0.411 e. The lowest BCUT2D eigenvalue weighted by Gasteiger charge is -2.43. The lowest BCUT2D eigenvalue weighted by atomic mass is 9.84. The van der Waals surface area contributed by atoms with Crippen molar-refractivity contribution >= 4 is 17.7 Å². The molecule has 1 aliphatic heterocycles. The minimum atomic E-state index is -0.875. The van der Waals surface area contributed by atoms with Gasteiger partial charge in [-0.3, -0.25) is 0 Å². The van der Waals surface area contributed by atoms with Gasteiger partial charge in [0.2, 0.25) is 5.28 Å². The normalized spacial score (nSPS) is 19.3. The van der Waals surface area contributed by atoms with Crippen molar-refractivity contribution in [2.24, 2.45) is 0 Å². The fourth-order valence-electron chi connectivity index (χ4n) is 4.27. The molecule has 1 fully saturated rings. The van der Waals surface area contributed by atoms with Crippen molar-refractivity contribution in [3.8, 4) is 11.3 Å². The second-order valence-electron chi connectivity index (χ2n) is 8.15. The monoisotopic (exact) mass is 469 g/mol. The topological polar surface area (TPSA) is 75.6 Å². The number of aromatic nitrogens is 2. The Labute approximate surface area is 197 Å². The summed E-state index contributed by atoms with van der Waals surface area (Å²) < 4.78 is 19.4. The number of carbonyl (C=O) groups excluding carboxylic acids is 1. The maximum atomic E-state index is 13.4. The van der Waals surface area contributed by atoms with E-state index in [2.05, 4.69) is 9.97 Å². The van der Waals surface area contributed by atoms with Crippen LogP contribution in [-0.4, -0.2) is 39.2 Å². The molecule has 2 aromatic carbocycles. The number of benzene rings is 2. The molecule has 3 aromatic rings. The molecular weight excluding hydrogens is 445 g/mol. The Hall–Kier alpha value is -3.03. The summed E-state index contributed by atoms with van der Waals surface area (Å²) in [4.78, 5) is 22.9. The SMILES string of the molecule is C[C@@H](c1ccc(-c2ccnc(Cl)n2)cc1)N1CC[C@](CCCO)(c2ccc(F)cc2)OC1=O. The van der Waals surface area contributed by atoms with Crippen molar-refractivity contribution < 1.29 is 19.0 Å². The van der Waals surface area contributed by atoms with Crippen LogP contribution in [0.1, 0.15) is 43.4 Å². The highest BCUT2D eigenvalue weighted by atomic mass is 35.5. The molecule has 0 radical (unpaired) electrons. The van der Waals surface area contributed by atoms with Crippen molar-refractivity contribution in [1.82, 2.24) is 14.9 Å². The highest BCUT2D eigenvalue weighted by Crippen LogP contribution is 2.40. The van der Waals surface area contributed by atoms with Crippen LogP contribution in [0.4, 0.5) is 9.18 Å². The second kappa shape index (κ2) is 9.85. The highest BCUT2D eigenvalue weighted by molar-refractivity contribution is 6.28. The van der Waals surface area contributed by atoms with Gasteiger partial charge in [-0.15, -0.1) is 0 Å². The average Bonchev–Trinajstić information content (AvgIpc) is 2.83. The minimum absolute atomic E-state index is 0.00942. The summed E-state index contributed by atoms with van der Waals surface area (Å²) in [7, 11) is 0. The predicted octanol–water partition coefficient (Wildman–Crippen LogP) is 5.51. The van der Waals surface area contributed by atoms with Crippen molar-refractivity contribution in [3.05, 3.63) is 83.0 Å². The minimum Gasteiger partial charge on any atom is -0.438 e. The number of aliphatic hydroxyl groups is 1. The lowest BCUT2D eigenvalue weighted by molar-refractivity contribution is -0.0680. The number of nitrogens with zero attached hydrogens (tertiary/aromatic N) is 3. The molecule has 1 aliphatic rings. The maximum absolute atomic E-state index is 13.4. The Balaban J connectivity index is 1.51. The highest BCUT2D eigenvalue weighted by Gasteiger charge is 2.43. The summed E-state index contributed by atoms with van der Waals surface area (Å²) >= 11 is 5.89. The first kappa shape index (κ1) is 23.1. The van der Waals surface area contributed by atoms with Gasteiger partial charge >= 0.3 is 6.09 Å². The van der Waals surface area contributed by atoms with Crippen molar-refractivity contribution in [2.75, 3.05) is 13.2 Å². The van der Waals surface area contributed by atoms with E-state index in [1.165, 1.54) is 12.1 Å². The smallest absolute Gasteiger partial charge is 0.411 e. The largest absolute Gasteiger partial charge is 0.438 e. The zero-order valence-corrected chi connectivity index (χ0v) is 19.0. The summed E-state index contributed by atoms with van der Waals surface area (Å²) in [5, 5.41) is 9.54. The van der Waals surface area contributed by atoms with Crippen molar-refractivity contribution in [1.29, 1.82) is 0 Å². The first-order valence-electron chi connectivity index (χ1n) is 10.9. The van der Waals surface area contributed by atoms with Crippen LogP contribution < -0.4 is 0 Å². The Morgan fingerprint density at radius 1 is 1.18 bits per heavy atom. The van der Waals surface area contributed by atoms with E-state index in [1.807, 2.05) is 31.2 Å². The van der Waals surface area contributed by atoms with Crippen LogP contribution in [0.3, 0.4) is 0 Å². The zero-order valence-electron chi connectivity index (χ0n) is 18.2. The molecule has 2 heterocycles. The summed E-state index contributed by atoms with van der Waals surface area (Å²) in [5.41, 5.74) is 2.45. The van der Waals surface area contributed by atoms with E-state index >= 15 is 0 Å². The number of aliphatic hydroxyl groups excluding tert-OH is 1. The number of ether oxygens (including phenoxy) is 1. The Morgan fingerprint density at radius 2 is 1.91 bits per heavy atom. The van der Waals surface area contributed by atoms with Crippen LogP contribution in [0.15, 0.2) is 60.8 Å². The van der Waals surface area contributed by atoms with Gasteiger partial charge in [0.1, 0.15) is 11.4 Å². The molecule has 4 rings (SSSR count). The number of amides is 1. The molecule has 1 aromatic heterocycles. The third-order valence-electron chi connectivity index (χ3n) is 6.17. The molecule has 1 saturated heterocycles.